The molecule has 0 saturated heterocycles. The molecule has 0 N–H and O–H groups in total. The quantitative estimate of drug-likeness (QED) is 0.101. The molecule has 262 valence electrons. The molecule has 0 unspecified atom stereocenters. The lowest BCUT2D eigenvalue weighted by Gasteiger charge is -2.24. The minimum atomic E-state index is 0.462. The molecule has 15 nitrogen and oxygen atoms in total. The van der Waals surface area contributed by atoms with Gasteiger partial charge in [-0.1, -0.05) is 6.58 Å². The average Bonchev–Trinajstić information content (AvgIpc) is 3.03. The lowest BCUT2D eigenvalue weighted by molar-refractivity contribution is -0.00816. The first kappa shape index (κ1) is 41.0. The molecule has 0 amide bonds. The van der Waals surface area contributed by atoms with Crippen molar-refractivity contribution in [2.24, 2.45) is 0 Å². The summed E-state index contributed by atoms with van der Waals surface area (Å²) in [5.41, 5.74) is 0.758. The molecule has 1 aromatic rings. The average molecular weight is 648 g/mol. The molecule has 45 heavy (non-hydrogen) atoms. The summed E-state index contributed by atoms with van der Waals surface area (Å²) in [6, 6.07) is 0. The molecule has 0 radical (unpaired) electrons. The third-order valence-electron chi connectivity index (χ3n) is 5.78. The minimum Gasteiger partial charge on any atom is -0.382 e. The van der Waals surface area contributed by atoms with E-state index >= 15 is 0 Å². The van der Waals surface area contributed by atoms with Crippen LogP contribution in [0.4, 0.5) is 11.9 Å². The molecular weight excluding hydrogens is 590 g/mol. The molecule has 15 heteroatoms. The van der Waals surface area contributed by atoms with Crippen LogP contribution in [0.15, 0.2) is 6.58 Å². The summed E-state index contributed by atoms with van der Waals surface area (Å²) in [7, 11) is 7.07. The zero-order valence-corrected chi connectivity index (χ0v) is 28.2. The maximum absolute atomic E-state index is 5.82. The van der Waals surface area contributed by atoms with E-state index in [0.29, 0.717) is 150 Å². The van der Waals surface area contributed by atoms with Gasteiger partial charge in [-0.15, -0.1) is 0 Å². The predicted molar refractivity (Wildman–Crippen MR) is 171 cm³/mol. The Morgan fingerprint density at radius 1 is 0.489 bits per heavy atom. The van der Waals surface area contributed by atoms with E-state index in [1.807, 2.05) is 30.8 Å². The van der Waals surface area contributed by atoms with Crippen molar-refractivity contribution in [3.8, 4) is 0 Å². The monoisotopic (exact) mass is 647 g/mol. The molecule has 0 aromatic carbocycles. The fraction of sp³-hybridized carbons (Fsp3) is 0.833. The fourth-order valence-corrected chi connectivity index (χ4v) is 3.36. The summed E-state index contributed by atoms with van der Waals surface area (Å²) in [6.45, 7) is 16.2. The molecule has 0 bridgehead atoms. The Morgan fingerprint density at radius 2 is 0.800 bits per heavy atom. The van der Waals surface area contributed by atoms with Gasteiger partial charge < -0.3 is 57.2 Å². The summed E-state index contributed by atoms with van der Waals surface area (Å²) >= 11 is 0. The molecule has 1 rings (SSSR count). The van der Waals surface area contributed by atoms with Crippen molar-refractivity contribution in [1.29, 1.82) is 0 Å². The number of allylic oxidation sites excluding steroid dienone is 1. The molecule has 0 spiro atoms. The highest BCUT2D eigenvalue weighted by molar-refractivity contribution is 5.57. The lowest BCUT2D eigenvalue weighted by Crippen LogP contribution is -2.34. The Kier molecular flexibility index (Phi) is 26.7. The Balaban J connectivity index is 2.35. The van der Waals surface area contributed by atoms with E-state index < -0.39 is 0 Å². The van der Waals surface area contributed by atoms with Crippen molar-refractivity contribution in [1.82, 2.24) is 15.0 Å². The highest BCUT2D eigenvalue weighted by atomic mass is 16.6. The molecule has 0 atom stereocenters. The van der Waals surface area contributed by atoms with E-state index in [4.69, 9.17) is 47.4 Å². The van der Waals surface area contributed by atoms with Crippen LogP contribution in [0.5, 0.6) is 0 Å². The number of hydrogen-bond donors (Lipinski definition) is 0. The van der Waals surface area contributed by atoms with Gasteiger partial charge in [0.1, 0.15) is 0 Å². The zero-order chi connectivity index (χ0) is 32.8. The number of rotatable bonds is 33. The summed E-state index contributed by atoms with van der Waals surface area (Å²) in [6.07, 6.45) is 0. The highest BCUT2D eigenvalue weighted by Crippen LogP contribution is 2.16. The minimum absolute atomic E-state index is 0.462. The highest BCUT2D eigenvalue weighted by Gasteiger charge is 2.15. The van der Waals surface area contributed by atoms with E-state index in [-0.39, 0.29) is 0 Å². The molecule has 1 heterocycles. The number of anilines is 2. The van der Waals surface area contributed by atoms with E-state index in [1.165, 1.54) is 0 Å². The van der Waals surface area contributed by atoms with Crippen molar-refractivity contribution < 1.29 is 47.4 Å². The topological polar surface area (TPSA) is 137 Å². The molecule has 0 saturated carbocycles. The van der Waals surface area contributed by atoms with Crippen molar-refractivity contribution in [2.45, 2.75) is 6.92 Å². The van der Waals surface area contributed by atoms with E-state index in [0.717, 1.165) is 5.57 Å². The van der Waals surface area contributed by atoms with Gasteiger partial charge in [-0.2, -0.15) is 15.0 Å². The summed E-state index contributed by atoms with van der Waals surface area (Å²) < 4.78 is 54.3. The Hall–Kier alpha value is -2.05. The van der Waals surface area contributed by atoms with Crippen LogP contribution in [0.1, 0.15) is 12.7 Å². The van der Waals surface area contributed by atoms with Crippen LogP contribution in [-0.4, -0.2) is 175 Å². The number of nitrogens with zero attached hydrogens (tertiary/aromatic N) is 5. The van der Waals surface area contributed by atoms with Gasteiger partial charge in [0.05, 0.1) is 119 Å². The molecule has 0 aliphatic heterocycles. The Labute approximate surface area is 269 Å². The van der Waals surface area contributed by atoms with Crippen LogP contribution in [-0.2, 0) is 47.4 Å². The number of methoxy groups -OCH3 is 2. The maximum Gasteiger partial charge on any atom is 0.230 e. The Bertz CT molecular complexity index is 808. The maximum atomic E-state index is 5.82. The zero-order valence-electron chi connectivity index (χ0n) is 28.2. The normalized spacial score (nSPS) is 11.3. The van der Waals surface area contributed by atoms with Crippen LogP contribution < -0.4 is 9.80 Å². The van der Waals surface area contributed by atoms with Gasteiger partial charge in [0.2, 0.25) is 11.9 Å². The van der Waals surface area contributed by atoms with Crippen molar-refractivity contribution in [3.05, 3.63) is 12.4 Å². The smallest absolute Gasteiger partial charge is 0.230 e. The standard InChI is InChI=1S/C30H57N5O10/c1-27(2)28-31-29(34(3)4)33-30(32-28)35(7-9-38-15-17-42-23-25-44-21-19-40-13-11-36-5)8-10-39-16-18-43-24-26-45-22-20-41-14-12-37-6/h1,7-26H2,2-6H3. The van der Waals surface area contributed by atoms with Gasteiger partial charge in [-0.3, -0.25) is 0 Å². The lowest BCUT2D eigenvalue weighted by atomic mass is 10.3. The third kappa shape index (κ3) is 23.0. The number of aromatic nitrogens is 3. The molecule has 0 aliphatic rings. The van der Waals surface area contributed by atoms with Gasteiger partial charge in [-0.05, 0) is 12.5 Å². The number of ether oxygens (including phenoxy) is 10. The molecule has 0 aliphatic carbocycles. The van der Waals surface area contributed by atoms with Gasteiger partial charge in [0, 0.05) is 41.4 Å². The second kappa shape index (κ2) is 29.4. The van der Waals surface area contributed by atoms with Gasteiger partial charge >= 0.3 is 0 Å². The Morgan fingerprint density at radius 3 is 1.11 bits per heavy atom. The first-order valence-electron chi connectivity index (χ1n) is 15.4. The van der Waals surface area contributed by atoms with E-state index in [2.05, 4.69) is 21.5 Å². The van der Waals surface area contributed by atoms with Crippen LogP contribution >= 0.6 is 0 Å². The fourth-order valence-electron chi connectivity index (χ4n) is 3.36. The predicted octanol–water partition coefficient (Wildman–Crippen LogP) is 1.20. The van der Waals surface area contributed by atoms with Gasteiger partial charge in [-0.25, -0.2) is 0 Å². The molecular formula is C30H57N5O10. The summed E-state index contributed by atoms with van der Waals surface area (Å²) in [5, 5.41) is 0. The van der Waals surface area contributed by atoms with Crippen LogP contribution in [0, 0.1) is 0 Å². The largest absolute Gasteiger partial charge is 0.382 e. The van der Waals surface area contributed by atoms with Crippen LogP contribution in [0.3, 0.4) is 0 Å². The van der Waals surface area contributed by atoms with Crippen molar-refractivity contribution in [3.63, 3.8) is 0 Å². The first-order valence-corrected chi connectivity index (χ1v) is 15.4. The third-order valence-corrected chi connectivity index (χ3v) is 5.78. The SMILES string of the molecule is C=C(C)c1nc(N(C)C)nc(N(CCOCCOCCOCCOCCOC)CCOCCOCCOCCOCCOC)n1. The van der Waals surface area contributed by atoms with Crippen LogP contribution in [0.2, 0.25) is 0 Å². The molecule has 0 fully saturated rings. The van der Waals surface area contributed by atoms with E-state index in [1.54, 1.807) is 14.2 Å². The second-order valence-electron chi connectivity index (χ2n) is 9.81. The van der Waals surface area contributed by atoms with E-state index in [9.17, 15) is 0 Å². The van der Waals surface area contributed by atoms with Crippen molar-refractivity contribution >= 4 is 17.5 Å². The van der Waals surface area contributed by atoms with Gasteiger partial charge in [0.15, 0.2) is 5.82 Å². The first-order chi connectivity index (χ1) is 22.0. The van der Waals surface area contributed by atoms with Crippen LogP contribution in [0.25, 0.3) is 5.57 Å². The van der Waals surface area contributed by atoms with Gasteiger partial charge in [0.25, 0.3) is 0 Å². The molecule has 1 aromatic heterocycles. The van der Waals surface area contributed by atoms with Crippen molar-refractivity contribution in [2.75, 3.05) is 170 Å². The number of hydrogen-bond acceptors (Lipinski definition) is 15. The summed E-state index contributed by atoms with van der Waals surface area (Å²) in [5.74, 6) is 1.64. The second-order valence-corrected chi connectivity index (χ2v) is 9.81. The summed E-state index contributed by atoms with van der Waals surface area (Å²) in [4.78, 5) is 17.7.